The van der Waals surface area contributed by atoms with Gasteiger partial charge in [-0.05, 0) is 40.5 Å². The van der Waals surface area contributed by atoms with Crippen LogP contribution in [0.5, 0.6) is 0 Å². The second-order valence-electron chi connectivity index (χ2n) is 4.65. The number of hydrogen-bond acceptors (Lipinski definition) is 3. The van der Waals surface area contributed by atoms with Gasteiger partial charge in [0.15, 0.2) is 0 Å². The van der Waals surface area contributed by atoms with E-state index in [2.05, 4.69) is 31.7 Å². The van der Waals surface area contributed by atoms with E-state index in [0.29, 0.717) is 32.1 Å². The number of aryl methyl sites for hydroxylation is 2. The summed E-state index contributed by atoms with van der Waals surface area (Å²) in [5.41, 5.74) is 1.79. The normalized spacial score (nSPS) is 10.4. The lowest BCUT2D eigenvalue weighted by Crippen LogP contribution is -2.23. The molecule has 0 saturated heterocycles. The zero-order valence-corrected chi connectivity index (χ0v) is 14.5. The van der Waals surface area contributed by atoms with Crippen molar-refractivity contribution < 1.29 is 9.59 Å². The minimum atomic E-state index is -0.365. The van der Waals surface area contributed by atoms with Crippen LogP contribution in [-0.2, 0) is 7.05 Å². The van der Waals surface area contributed by atoms with Crippen molar-refractivity contribution in [2.75, 3.05) is 12.4 Å². The molecule has 0 unspecified atom stereocenters. The molecule has 1 heterocycles. The first-order valence-electron chi connectivity index (χ1n) is 6.36. The molecule has 0 aliphatic rings. The van der Waals surface area contributed by atoms with E-state index in [1.807, 2.05) is 0 Å². The van der Waals surface area contributed by atoms with E-state index in [-0.39, 0.29) is 11.8 Å². The SMILES string of the molecule is CNC(=O)c1cc(Cl)cc(C)c1NC(=O)c1cc(Br)nn1C. The average Bonchev–Trinajstić information content (AvgIpc) is 2.79. The molecule has 0 aliphatic carbocycles. The molecule has 2 rings (SSSR count). The molecule has 1 aromatic carbocycles. The van der Waals surface area contributed by atoms with Crippen molar-refractivity contribution in [1.82, 2.24) is 15.1 Å². The van der Waals surface area contributed by atoms with Gasteiger partial charge in [0, 0.05) is 25.2 Å². The van der Waals surface area contributed by atoms with Crippen LogP contribution < -0.4 is 10.6 Å². The number of carbonyl (C=O) groups is 2. The van der Waals surface area contributed by atoms with Crippen molar-refractivity contribution in [3.05, 3.63) is 44.6 Å². The molecule has 0 atom stereocenters. The molecule has 0 spiro atoms. The lowest BCUT2D eigenvalue weighted by molar-refractivity contribution is 0.0964. The van der Waals surface area contributed by atoms with Gasteiger partial charge in [-0.15, -0.1) is 0 Å². The Hall–Kier alpha value is -1.86. The Morgan fingerprint density at radius 1 is 1.27 bits per heavy atom. The summed E-state index contributed by atoms with van der Waals surface area (Å²) in [4.78, 5) is 24.4. The maximum absolute atomic E-state index is 12.4. The Kier molecular flexibility index (Phi) is 4.87. The Labute approximate surface area is 141 Å². The topological polar surface area (TPSA) is 76.0 Å². The van der Waals surface area contributed by atoms with E-state index < -0.39 is 0 Å². The van der Waals surface area contributed by atoms with Crippen molar-refractivity contribution in [3.8, 4) is 0 Å². The maximum Gasteiger partial charge on any atom is 0.273 e. The Morgan fingerprint density at radius 3 is 2.50 bits per heavy atom. The fourth-order valence-corrected chi connectivity index (χ4v) is 2.77. The summed E-state index contributed by atoms with van der Waals surface area (Å²) in [5, 5.41) is 9.77. The number of nitrogens with zero attached hydrogens (tertiary/aromatic N) is 2. The van der Waals surface area contributed by atoms with Crippen molar-refractivity contribution in [3.63, 3.8) is 0 Å². The molecule has 2 N–H and O–H groups in total. The molecule has 116 valence electrons. The molecule has 2 aromatic rings. The summed E-state index contributed by atoms with van der Waals surface area (Å²) in [5.74, 6) is -0.691. The van der Waals surface area contributed by atoms with Crippen molar-refractivity contribution in [2.45, 2.75) is 6.92 Å². The number of halogens is 2. The lowest BCUT2D eigenvalue weighted by Gasteiger charge is -2.14. The van der Waals surface area contributed by atoms with Crippen LogP contribution in [0.25, 0.3) is 0 Å². The number of aromatic nitrogens is 2. The first-order valence-corrected chi connectivity index (χ1v) is 7.53. The van der Waals surface area contributed by atoms with E-state index in [9.17, 15) is 9.59 Å². The highest BCUT2D eigenvalue weighted by Crippen LogP contribution is 2.26. The van der Waals surface area contributed by atoms with Crippen LogP contribution >= 0.6 is 27.5 Å². The Bertz CT molecular complexity index is 758. The Balaban J connectivity index is 2.42. The van der Waals surface area contributed by atoms with Gasteiger partial charge in [0.25, 0.3) is 11.8 Å². The predicted octanol–water partition coefficient (Wildman–Crippen LogP) is 2.76. The fourth-order valence-electron chi connectivity index (χ4n) is 2.05. The summed E-state index contributed by atoms with van der Waals surface area (Å²) in [7, 11) is 3.18. The molecule has 0 bridgehead atoms. The van der Waals surface area contributed by atoms with Crippen LogP contribution in [-0.4, -0.2) is 28.6 Å². The van der Waals surface area contributed by atoms with Crippen molar-refractivity contribution in [1.29, 1.82) is 0 Å². The largest absolute Gasteiger partial charge is 0.355 e. The average molecular weight is 386 g/mol. The number of amides is 2. The van der Waals surface area contributed by atoms with Crippen LogP contribution in [0.3, 0.4) is 0 Å². The van der Waals surface area contributed by atoms with E-state index in [1.54, 1.807) is 26.1 Å². The number of hydrogen-bond donors (Lipinski definition) is 2. The number of anilines is 1. The predicted molar refractivity (Wildman–Crippen MR) is 88.4 cm³/mol. The molecule has 0 saturated carbocycles. The van der Waals surface area contributed by atoms with Crippen LogP contribution in [0.2, 0.25) is 5.02 Å². The van der Waals surface area contributed by atoms with E-state index in [1.165, 1.54) is 17.8 Å². The zero-order chi connectivity index (χ0) is 16.4. The summed E-state index contributed by atoms with van der Waals surface area (Å²) in [6.07, 6.45) is 0. The molecule has 2 amide bonds. The van der Waals surface area contributed by atoms with Crippen molar-refractivity contribution in [2.24, 2.45) is 7.05 Å². The van der Waals surface area contributed by atoms with Crippen LogP contribution in [0, 0.1) is 6.92 Å². The third-order valence-corrected chi connectivity index (χ3v) is 3.70. The highest BCUT2D eigenvalue weighted by molar-refractivity contribution is 9.10. The first-order chi connectivity index (χ1) is 10.3. The van der Waals surface area contributed by atoms with Gasteiger partial charge in [-0.3, -0.25) is 14.3 Å². The summed E-state index contributed by atoms with van der Waals surface area (Å²) in [6.45, 7) is 1.77. The Morgan fingerprint density at radius 2 is 1.95 bits per heavy atom. The smallest absolute Gasteiger partial charge is 0.273 e. The molecule has 6 nitrogen and oxygen atoms in total. The second-order valence-corrected chi connectivity index (χ2v) is 5.90. The number of carbonyl (C=O) groups excluding carboxylic acids is 2. The number of nitrogens with one attached hydrogen (secondary N) is 2. The van der Waals surface area contributed by atoms with Crippen molar-refractivity contribution >= 4 is 45.0 Å². The fraction of sp³-hybridized carbons (Fsp3) is 0.214. The monoisotopic (exact) mass is 384 g/mol. The third-order valence-electron chi connectivity index (χ3n) is 3.09. The quantitative estimate of drug-likeness (QED) is 0.853. The van der Waals surface area contributed by atoms with E-state index in [0.717, 1.165) is 0 Å². The molecule has 0 radical (unpaired) electrons. The van der Waals surface area contributed by atoms with Gasteiger partial charge in [0.1, 0.15) is 10.3 Å². The van der Waals surface area contributed by atoms with E-state index >= 15 is 0 Å². The molecule has 8 heteroatoms. The van der Waals surface area contributed by atoms with Gasteiger partial charge in [0.2, 0.25) is 0 Å². The minimum absolute atomic E-state index is 0.307. The summed E-state index contributed by atoms with van der Waals surface area (Å²) >= 11 is 9.21. The second kappa shape index (κ2) is 6.50. The third kappa shape index (κ3) is 3.31. The van der Waals surface area contributed by atoms with Gasteiger partial charge < -0.3 is 10.6 Å². The van der Waals surface area contributed by atoms with E-state index in [4.69, 9.17) is 11.6 Å². The maximum atomic E-state index is 12.4. The van der Waals surface area contributed by atoms with Gasteiger partial charge in [0.05, 0.1) is 11.3 Å². The van der Waals surface area contributed by atoms with Gasteiger partial charge in [-0.25, -0.2) is 0 Å². The molecular weight excluding hydrogens is 372 g/mol. The summed E-state index contributed by atoms with van der Waals surface area (Å²) < 4.78 is 2.00. The molecule has 22 heavy (non-hydrogen) atoms. The van der Waals surface area contributed by atoms with Crippen LogP contribution in [0.4, 0.5) is 5.69 Å². The number of rotatable bonds is 3. The highest BCUT2D eigenvalue weighted by Gasteiger charge is 2.19. The van der Waals surface area contributed by atoms with Crippen LogP contribution in [0.15, 0.2) is 22.8 Å². The van der Waals surface area contributed by atoms with Crippen LogP contribution in [0.1, 0.15) is 26.4 Å². The molecule has 0 fully saturated rings. The van der Waals surface area contributed by atoms with Gasteiger partial charge in [-0.1, -0.05) is 11.6 Å². The highest BCUT2D eigenvalue weighted by atomic mass is 79.9. The lowest BCUT2D eigenvalue weighted by atomic mass is 10.1. The van der Waals surface area contributed by atoms with Gasteiger partial charge >= 0.3 is 0 Å². The molecule has 1 aromatic heterocycles. The molecular formula is C14H14BrClN4O2. The molecule has 0 aliphatic heterocycles. The first kappa shape index (κ1) is 16.5. The zero-order valence-electron chi connectivity index (χ0n) is 12.2. The summed E-state index contributed by atoms with van der Waals surface area (Å²) in [6, 6.07) is 4.80. The number of benzene rings is 1. The standard InChI is InChI=1S/C14H14BrClN4O2/c1-7-4-8(16)5-9(13(21)17-2)12(7)18-14(22)10-6-11(15)19-20(10)3/h4-6H,1-3H3,(H,17,21)(H,18,22). The van der Waals surface area contributed by atoms with Gasteiger partial charge in [-0.2, -0.15) is 5.10 Å². The minimum Gasteiger partial charge on any atom is -0.355 e.